The van der Waals surface area contributed by atoms with E-state index in [1.165, 1.54) is 16.9 Å². The summed E-state index contributed by atoms with van der Waals surface area (Å²) in [4.78, 5) is 28.2. The second-order valence-corrected chi connectivity index (χ2v) is 7.44. The number of carbonyl (C=O) groups excluding carboxylic acids is 2. The third kappa shape index (κ3) is 3.42. The molecule has 0 fully saturated rings. The number of hydrogen-bond donors (Lipinski definition) is 2. The van der Waals surface area contributed by atoms with Gasteiger partial charge in [0.15, 0.2) is 0 Å². The maximum absolute atomic E-state index is 12.8. The smallest absolute Gasteiger partial charge is 0.338 e. The minimum Gasteiger partial charge on any atom is -0.463 e. The van der Waals surface area contributed by atoms with Gasteiger partial charge in [0.05, 0.1) is 30.5 Å². The molecule has 2 aliphatic rings. The third-order valence-corrected chi connectivity index (χ3v) is 5.75. The van der Waals surface area contributed by atoms with Crippen LogP contribution in [0.3, 0.4) is 0 Å². The number of hydrogen-bond acceptors (Lipinski definition) is 5. The summed E-state index contributed by atoms with van der Waals surface area (Å²) >= 11 is 1.51. The number of thiophene rings is 1. The molecule has 0 spiro atoms. The Kier molecular flexibility index (Phi) is 4.85. The van der Waals surface area contributed by atoms with Gasteiger partial charge in [-0.1, -0.05) is 24.3 Å². The lowest BCUT2D eigenvalue weighted by Crippen LogP contribution is -2.48. The number of ether oxygens (including phenoxy) is 1. The van der Waals surface area contributed by atoms with Crippen molar-refractivity contribution in [2.24, 2.45) is 0 Å². The molecule has 0 bridgehead atoms. The fourth-order valence-electron chi connectivity index (χ4n) is 3.62. The number of benzene rings is 1. The number of fused-ring (bicyclic) bond motifs is 1. The van der Waals surface area contributed by atoms with E-state index in [0.717, 1.165) is 23.5 Å². The average Bonchev–Trinajstić information content (AvgIpc) is 3.32. The first-order chi connectivity index (χ1) is 13.2. The van der Waals surface area contributed by atoms with Crippen LogP contribution in [0.5, 0.6) is 0 Å². The van der Waals surface area contributed by atoms with Crippen LogP contribution in [0.2, 0.25) is 0 Å². The van der Waals surface area contributed by atoms with E-state index >= 15 is 0 Å². The second-order valence-electron chi connectivity index (χ2n) is 6.46. The molecule has 140 valence electrons. The molecule has 0 radical (unpaired) electrons. The lowest BCUT2D eigenvalue weighted by Gasteiger charge is -2.31. The highest BCUT2D eigenvalue weighted by Crippen LogP contribution is 2.33. The van der Waals surface area contributed by atoms with E-state index in [0.29, 0.717) is 17.8 Å². The standard InChI is InChI=1S/C20H21N3O3S/c1-2-26-19(24)17-14(12-23-10-9-13-6-3-4-7-15(13)23)21-20(25)22-18(17)16-8-5-11-27-16/h3-8,11,18H,2,9-10,12H2,1H3,(H2,21,22,25). The van der Waals surface area contributed by atoms with Crippen LogP contribution in [0.15, 0.2) is 53.0 Å². The average molecular weight is 383 g/mol. The second kappa shape index (κ2) is 7.44. The Bertz CT molecular complexity index is 892. The summed E-state index contributed by atoms with van der Waals surface area (Å²) in [6.07, 6.45) is 0.957. The van der Waals surface area contributed by atoms with Crippen molar-refractivity contribution >= 4 is 29.0 Å². The minimum atomic E-state index is -0.495. The highest BCUT2D eigenvalue weighted by atomic mass is 32.1. The summed E-state index contributed by atoms with van der Waals surface area (Å²) in [5.41, 5.74) is 3.51. The number of nitrogens with zero attached hydrogens (tertiary/aromatic N) is 1. The van der Waals surface area contributed by atoms with Gasteiger partial charge in [0, 0.05) is 17.1 Å². The van der Waals surface area contributed by atoms with Gasteiger partial charge in [-0.2, -0.15) is 0 Å². The molecular formula is C20H21N3O3S. The normalized spacial score (nSPS) is 18.8. The predicted octanol–water partition coefficient (Wildman–Crippen LogP) is 2.98. The zero-order valence-corrected chi connectivity index (χ0v) is 15.8. The number of carbonyl (C=O) groups is 2. The first-order valence-corrected chi connectivity index (χ1v) is 9.89. The van der Waals surface area contributed by atoms with Crippen molar-refractivity contribution in [2.45, 2.75) is 19.4 Å². The summed E-state index contributed by atoms with van der Waals surface area (Å²) in [5, 5.41) is 7.65. The molecule has 1 atom stereocenters. The first kappa shape index (κ1) is 17.6. The molecule has 27 heavy (non-hydrogen) atoms. The SMILES string of the molecule is CCOC(=O)C1=C(CN2CCc3ccccc32)NC(=O)NC1c1cccs1. The van der Waals surface area contributed by atoms with Crippen molar-refractivity contribution in [1.29, 1.82) is 0 Å². The molecule has 3 heterocycles. The molecule has 4 rings (SSSR count). The topological polar surface area (TPSA) is 70.7 Å². The minimum absolute atomic E-state index is 0.285. The van der Waals surface area contributed by atoms with Gasteiger partial charge in [-0.3, -0.25) is 0 Å². The van der Waals surface area contributed by atoms with E-state index in [2.05, 4.69) is 27.7 Å². The molecule has 7 heteroatoms. The monoisotopic (exact) mass is 383 g/mol. The Hall–Kier alpha value is -2.80. The third-order valence-electron chi connectivity index (χ3n) is 4.81. The summed E-state index contributed by atoms with van der Waals surface area (Å²) in [7, 11) is 0. The van der Waals surface area contributed by atoms with Gasteiger partial charge >= 0.3 is 12.0 Å². The van der Waals surface area contributed by atoms with Crippen molar-refractivity contribution in [1.82, 2.24) is 10.6 Å². The molecule has 0 saturated heterocycles. The summed E-state index contributed by atoms with van der Waals surface area (Å²) in [6, 6.07) is 11.3. The van der Waals surface area contributed by atoms with E-state index in [9.17, 15) is 9.59 Å². The van der Waals surface area contributed by atoms with Gasteiger partial charge in [-0.25, -0.2) is 9.59 Å². The molecule has 2 aliphatic heterocycles. The molecule has 2 amide bonds. The van der Waals surface area contributed by atoms with E-state index in [1.807, 2.05) is 29.6 Å². The van der Waals surface area contributed by atoms with Crippen molar-refractivity contribution in [2.75, 3.05) is 24.6 Å². The molecule has 2 aromatic rings. The lowest BCUT2D eigenvalue weighted by molar-refractivity contribution is -0.139. The van der Waals surface area contributed by atoms with E-state index in [4.69, 9.17) is 4.74 Å². The van der Waals surface area contributed by atoms with Crippen LogP contribution in [-0.2, 0) is 16.0 Å². The van der Waals surface area contributed by atoms with Gasteiger partial charge < -0.3 is 20.3 Å². The van der Waals surface area contributed by atoms with Crippen molar-refractivity contribution in [3.63, 3.8) is 0 Å². The highest BCUT2D eigenvalue weighted by Gasteiger charge is 2.35. The molecule has 2 N–H and O–H groups in total. The Morgan fingerprint density at radius 3 is 2.93 bits per heavy atom. The van der Waals surface area contributed by atoms with Crippen LogP contribution in [0.4, 0.5) is 10.5 Å². The van der Waals surface area contributed by atoms with Gasteiger partial charge in [0.2, 0.25) is 0 Å². The number of nitrogens with one attached hydrogen (secondary N) is 2. The van der Waals surface area contributed by atoms with Crippen LogP contribution >= 0.6 is 11.3 Å². The summed E-state index contributed by atoms with van der Waals surface area (Å²) < 4.78 is 5.31. The number of esters is 1. The molecule has 1 aromatic heterocycles. The maximum Gasteiger partial charge on any atom is 0.338 e. The van der Waals surface area contributed by atoms with Crippen LogP contribution in [-0.4, -0.2) is 31.7 Å². The summed E-state index contributed by atoms with van der Waals surface area (Å²) in [6.45, 7) is 3.38. The van der Waals surface area contributed by atoms with Crippen LogP contribution in [0, 0.1) is 0 Å². The van der Waals surface area contributed by atoms with E-state index in [1.54, 1.807) is 6.92 Å². The molecule has 1 aromatic carbocycles. The quantitative estimate of drug-likeness (QED) is 0.779. The van der Waals surface area contributed by atoms with Gasteiger partial charge in [0.25, 0.3) is 0 Å². The van der Waals surface area contributed by atoms with Crippen molar-refractivity contribution in [3.8, 4) is 0 Å². The largest absolute Gasteiger partial charge is 0.463 e. The Morgan fingerprint density at radius 1 is 1.30 bits per heavy atom. The molecular weight excluding hydrogens is 362 g/mol. The fourth-order valence-corrected chi connectivity index (χ4v) is 4.41. The number of urea groups is 1. The van der Waals surface area contributed by atoms with Gasteiger partial charge in [-0.15, -0.1) is 11.3 Å². The highest BCUT2D eigenvalue weighted by molar-refractivity contribution is 7.10. The van der Waals surface area contributed by atoms with Crippen LogP contribution in [0.25, 0.3) is 0 Å². The zero-order valence-electron chi connectivity index (χ0n) is 15.0. The number of anilines is 1. The zero-order chi connectivity index (χ0) is 18.8. The molecule has 6 nitrogen and oxygen atoms in total. The van der Waals surface area contributed by atoms with Gasteiger partial charge in [0.1, 0.15) is 0 Å². The van der Waals surface area contributed by atoms with Crippen LogP contribution < -0.4 is 15.5 Å². The molecule has 1 unspecified atom stereocenters. The van der Waals surface area contributed by atoms with Crippen molar-refractivity contribution < 1.29 is 14.3 Å². The Morgan fingerprint density at radius 2 is 2.15 bits per heavy atom. The Labute approximate surface area is 161 Å². The first-order valence-electron chi connectivity index (χ1n) is 9.01. The molecule has 0 saturated carbocycles. The lowest BCUT2D eigenvalue weighted by atomic mass is 10.0. The van der Waals surface area contributed by atoms with E-state index in [-0.39, 0.29) is 12.6 Å². The number of amides is 2. The number of para-hydroxylation sites is 1. The predicted molar refractivity (Wildman–Crippen MR) is 105 cm³/mol. The Balaban J connectivity index is 1.72. The fraction of sp³-hybridized carbons (Fsp3) is 0.300. The maximum atomic E-state index is 12.8. The van der Waals surface area contributed by atoms with E-state index < -0.39 is 12.0 Å². The number of rotatable bonds is 5. The van der Waals surface area contributed by atoms with Gasteiger partial charge in [-0.05, 0) is 36.4 Å². The van der Waals surface area contributed by atoms with Crippen LogP contribution in [0.1, 0.15) is 23.4 Å². The molecule has 0 aliphatic carbocycles. The summed E-state index contributed by atoms with van der Waals surface area (Å²) in [5.74, 6) is -0.397. The van der Waals surface area contributed by atoms with Crippen molar-refractivity contribution in [3.05, 3.63) is 63.5 Å².